The minimum Gasteiger partial charge on any atom is -0.439 e. The second-order valence-electron chi connectivity index (χ2n) is 7.48. The number of amides is 2. The topological polar surface area (TPSA) is 96.0 Å². The molecule has 12 heteroatoms. The SMILES string of the molecule is CNC(=O)COC(=O)NCCN1CCN(c2ccc(-c3ccc(OC(F)(F)F)cc3)cn2)CC1. The number of aromatic nitrogens is 1. The first-order valence-corrected chi connectivity index (χ1v) is 10.6. The Labute approximate surface area is 194 Å². The molecule has 184 valence electrons. The number of nitrogens with zero attached hydrogens (tertiary/aromatic N) is 3. The number of pyridine rings is 1. The highest BCUT2D eigenvalue weighted by Crippen LogP contribution is 2.27. The fourth-order valence-corrected chi connectivity index (χ4v) is 3.36. The molecular weight excluding hydrogens is 455 g/mol. The number of rotatable bonds is 8. The van der Waals surface area contributed by atoms with Crippen molar-refractivity contribution in [1.82, 2.24) is 20.5 Å². The Hall–Kier alpha value is -3.54. The molecule has 2 aromatic rings. The maximum Gasteiger partial charge on any atom is 0.573 e. The molecule has 0 saturated carbocycles. The Bertz CT molecular complexity index is 947. The van der Waals surface area contributed by atoms with Gasteiger partial charge in [-0.15, -0.1) is 13.2 Å². The predicted octanol–water partition coefficient (Wildman–Crippen LogP) is 2.24. The van der Waals surface area contributed by atoms with Crippen LogP contribution in [0.25, 0.3) is 11.1 Å². The van der Waals surface area contributed by atoms with Gasteiger partial charge in [-0.25, -0.2) is 9.78 Å². The number of hydrogen-bond donors (Lipinski definition) is 2. The van der Waals surface area contributed by atoms with Gasteiger partial charge in [-0.1, -0.05) is 12.1 Å². The standard InChI is InChI=1S/C22H26F3N5O4/c1-26-20(31)15-33-21(32)27-8-9-29-10-12-30(13-11-29)19-7-4-17(14-28-19)16-2-5-18(6-3-16)34-22(23,24)25/h2-7,14H,8-13,15H2,1H3,(H,26,31)(H,27,32). The molecule has 9 nitrogen and oxygen atoms in total. The summed E-state index contributed by atoms with van der Waals surface area (Å²) < 4.78 is 45.5. The molecule has 3 rings (SSSR count). The van der Waals surface area contributed by atoms with Crippen molar-refractivity contribution in [2.75, 3.05) is 57.8 Å². The van der Waals surface area contributed by atoms with E-state index < -0.39 is 12.5 Å². The van der Waals surface area contributed by atoms with Gasteiger partial charge >= 0.3 is 12.5 Å². The van der Waals surface area contributed by atoms with E-state index in [0.717, 1.165) is 43.1 Å². The molecule has 1 aromatic heterocycles. The summed E-state index contributed by atoms with van der Waals surface area (Å²) in [6, 6.07) is 9.41. The Morgan fingerprint density at radius 3 is 2.29 bits per heavy atom. The molecule has 2 heterocycles. The van der Waals surface area contributed by atoms with E-state index in [2.05, 4.69) is 30.2 Å². The van der Waals surface area contributed by atoms with Crippen LogP contribution in [0.2, 0.25) is 0 Å². The number of likely N-dealkylation sites (N-methyl/N-ethyl adjacent to an activating group) is 1. The quantitative estimate of drug-likeness (QED) is 0.597. The van der Waals surface area contributed by atoms with E-state index in [-0.39, 0.29) is 18.3 Å². The molecule has 0 bridgehead atoms. The number of hydrogen-bond acceptors (Lipinski definition) is 7. The van der Waals surface area contributed by atoms with Crippen LogP contribution in [0.4, 0.5) is 23.8 Å². The summed E-state index contributed by atoms with van der Waals surface area (Å²) in [5.41, 5.74) is 1.52. The van der Waals surface area contributed by atoms with E-state index in [1.165, 1.54) is 19.2 Å². The largest absolute Gasteiger partial charge is 0.573 e. The van der Waals surface area contributed by atoms with Crippen molar-refractivity contribution in [3.05, 3.63) is 42.6 Å². The zero-order valence-corrected chi connectivity index (χ0v) is 18.6. The van der Waals surface area contributed by atoms with Crippen LogP contribution >= 0.6 is 0 Å². The van der Waals surface area contributed by atoms with Crippen molar-refractivity contribution in [2.24, 2.45) is 0 Å². The molecule has 1 aliphatic heterocycles. The highest BCUT2D eigenvalue weighted by molar-refractivity contribution is 5.79. The number of alkyl halides is 3. The van der Waals surface area contributed by atoms with Crippen molar-refractivity contribution in [2.45, 2.75) is 6.36 Å². The van der Waals surface area contributed by atoms with Crippen LogP contribution in [0, 0.1) is 0 Å². The van der Waals surface area contributed by atoms with Crippen LogP contribution in [0.3, 0.4) is 0 Å². The van der Waals surface area contributed by atoms with Crippen LogP contribution in [-0.4, -0.2) is 81.2 Å². The van der Waals surface area contributed by atoms with Gasteiger partial charge in [0.2, 0.25) is 0 Å². The van der Waals surface area contributed by atoms with Crippen molar-refractivity contribution in [1.29, 1.82) is 0 Å². The van der Waals surface area contributed by atoms with Crippen molar-refractivity contribution in [3.8, 4) is 16.9 Å². The molecule has 2 amide bonds. The number of carbonyl (C=O) groups is 2. The third kappa shape index (κ3) is 7.80. The van der Waals surface area contributed by atoms with Gasteiger partial charge in [-0.2, -0.15) is 0 Å². The van der Waals surface area contributed by atoms with Gasteiger partial charge in [-0.3, -0.25) is 9.69 Å². The monoisotopic (exact) mass is 481 g/mol. The van der Waals surface area contributed by atoms with E-state index >= 15 is 0 Å². The smallest absolute Gasteiger partial charge is 0.439 e. The molecule has 1 fully saturated rings. The summed E-state index contributed by atoms with van der Waals surface area (Å²) in [6.07, 6.45) is -3.66. The summed E-state index contributed by atoms with van der Waals surface area (Å²) in [5.74, 6) is 0.173. The third-order valence-corrected chi connectivity index (χ3v) is 5.18. The number of anilines is 1. The van der Waals surface area contributed by atoms with Crippen LogP contribution < -0.4 is 20.3 Å². The van der Waals surface area contributed by atoms with E-state index in [0.29, 0.717) is 13.1 Å². The Kier molecular flexibility index (Phi) is 8.52. The van der Waals surface area contributed by atoms with Crippen LogP contribution in [0.5, 0.6) is 5.75 Å². The lowest BCUT2D eigenvalue weighted by Gasteiger charge is -2.35. The molecule has 0 spiro atoms. The number of ether oxygens (including phenoxy) is 2. The van der Waals surface area contributed by atoms with E-state index in [4.69, 9.17) is 4.74 Å². The van der Waals surface area contributed by atoms with Gasteiger partial charge in [0.25, 0.3) is 5.91 Å². The van der Waals surface area contributed by atoms with Gasteiger partial charge in [0.05, 0.1) is 0 Å². The van der Waals surface area contributed by atoms with Gasteiger partial charge < -0.3 is 25.0 Å². The summed E-state index contributed by atoms with van der Waals surface area (Å²) in [5, 5.41) is 4.98. The predicted molar refractivity (Wildman–Crippen MR) is 118 cm³/mol. The molecular formula is C22H26F3N5O4. The average molecular weight is 481 g/mol. The van der Waals surface area contributed by atoms with Crippen LogP contribution in [0.15, 0.2) is 42.6 Å². The van der Waals surface area contributed by atoms with Gasteiger partial charge in [0, 0.05) is 58.1 Å². The number of halogens is 3. The zero-order valence-electron chi connectivity index (χ0n) is 18.6. The van der Waals surface area contributed by atoms with Gasteiger partial charge in [0.1, 0.15) is 11.6 Å². The molecule has 1 saturated heterocycles. The minimum absolute atomic E-state index is 0.269. The molecule has 0 atom stereocenters. The molecule has 2 N–H and O–H groups in total. The number of piperazine rings is 1. The first kappa shape index (κ1) is 25.1. The lowest BCUT2D eigenvalue weighted by atomic mass is 10.1. The molecule has 0 radical (unpaired) electrons. The number of alkyl carbamates (subject to hydrolysis) is 1. The van der Waals surface area contributed by atoms with E-state index in [1.54, 1.807) is 18.3 Å². The number of nitrogens with one attached hydrogen (secondary N) is 2. The fourth-order valence-electron chi connectivity index (χ4n) is 3.36. The second kappa shape index (κ2) is 11.5. The zero-order chi connectivity index (χ0) is 24.6. The normalized spacial score (nSPS) is 14.4. The van der Waals surface area contributed by atoms with Crippen molar-refractivity contribution < 1.29 is 32.2 Å². The highest BCUT2D eigenvalue weighted by atomic mass is 19.4. The molecule has 1 aliphatic rings. The van der Waals surface area contributed by atoms with Crippen LogP contribution in [-0.2, 0) is 9.53 Å². The molecule has 0 unspecified atom stereocenters. The maximum atomic E-state index is 12.3. The Balaban J connectivity index is 1.42. The van der Waals surface area contributed by atoms with Gasteiger partial charge in [-0.05, 0) is 29.8 Å². The van der Waals surface area contributed by atoms with Gasteiger partial charge in [0.15, 0.2) is 6.61 Å². The van der Waals surface area contributed by atoms with E-state index in [1.807, 2.05) is 12.1 Å². The molecule has 34 heavy (non-hydrogen) atoms. The first-order chi connectivity index (χ1) is 16.2. The maximum absolute atomic E-state index is 12.3. The number of benzene rings is 1. The number of carbonyl (C=O) groups excluding carboxylic acids is 2. The fraction of sp³-hybridized carbons (Fsp3) is 0.409. The summed E-state index contributed by atoms with van der Waals surface area (Å²) >= 11 is 0. The van der Waals surface area contributed by atoms with Crippen molar-refractivity contribution >= 4 is 17.8 Å². The van der Waals surface area contributed by atoms with E-state index in [9.17, 15) is 22.8 Å². The molecule has 0 aliphatic carbocycles. The second-order valence-corrected chi connectivity index (χ2v) is 7.48. The lowest BCUT2D eigenvalue weighted by molar-refractivity contribution is -0.274. The minimum atomic E-state index is -4.72. The Morgan fingerprint density at radius 2 is 1.71 bits per heavy atom. The summed E-state index contributed by atoms with van der Waals surface area (Å²) in [4.78, 5) is 31.5. The molecule has 1 aromatic carbocycles. The third-order valence-electron chi connectivity index (χ3n) is 5.18. The van der Waals surface area contributed by atoms with Crippen LogP contribution in [0.1, 0.15) is 0 Å². The first-order valence-electron chi connectivity index (χ1n) is 10.6. The summed E-state index contributed by atoms with van der Waals surface area (Å²) in [6.45, 7) is 3.85. The average Bonchev–Trinajstić information content (AvgIpc) is 2.82. The lowest BCUT2D eigenvalue weighted by Crippen LogP contribution is -2.48. The Morgan fingerprint density at radius 1 is 1.03 bits per heavy atom. The summed E-state index contributed by atoms with van der Waals surface area (Å²) in [7, 11) is 1.46. The highest BCUT2D eigenvalue weighted by Gasteiger charge is 2.31. The van der Waals surface area contributed by atoms with Crippen molar-refractivity contribution in [3.63, 3.8) is 0 Å².